The average Bonchev–Trinajstić information content (AvgIpc) is 3.72. The van der Waals surface area contributed by atoms with Gasteiger partial charge >= 0.3 is 0 Å². The molecule has 224 valence electrons. The number of aromatic nitrogens is 4. The number of para-hydroxylation sites is 2. The Bertz CT molecular complexity index is 2840. The molecule has 48 heavy (non-hydrogen) atoms. The van der Waals surface area contributed by atoms with Gasteiger partial charge in [0.1, 0.15) is 11.2 Å². The van der Waals surface area contributed by atoms with E-state index in [0.29, 0.717) is 11.6 Å². The zero-order valence-electron chi connectivity index (χ0n) is 25.5. The summed E-state index contributed by atoms with van der Waals surface area (Å²) in [5, 5.41) is 4.31. The van der Waals surface area contributed by atoms with Crippen LogP contribution >= 0.6 is 11.3 Å². The molecule has 0 aliphatic carbocycles. The van der Waals surface area contributed by atoms with Crippen molar-refractivity contribution in [1.29, 1.82) is 0 Å². The first-order chi connectivity index (χ1) is 23.8. The summed E-state index contributed by atoms with van der Waals surface area (Å²) in [6.45, 7) is 0. The van der Waals surface area contributed by atoms with E-state index in [1.54, 1.807) is 11.3 Å². The number of thiophene rings is 1. The van der Waals surface area contributed by atoms with Crippen LogP contribution in [0.3, 0.4) is 0 Å². The summed E-state index contributed by atoms with van der Waals surface area (Å²) < 4.78 is 8.40. The van der Waals surface area contributed by atoms with Crippen molar-refractivity contribution in [2.75, 3.05) is 0 Å². The number of furan rings is 1. The summed E-state index contributed by atoms with van der Waals surface area (Å²) in [4.78, 5) is 20.4. The highest BCUT2D eigenvalue weighted by molar-refractivity contribution is 7.26. The number of fused-ring (bicyclic) bond motifs is 7. The van der Waals surface area contributed by atoms with Crippen LogP contribution in [-0.4, -0.2) is 19.9 Å². The second-order valence-corrected chi connectivity index (χ2v) is 12.9. The lowest BCUT2D eigenvalue weighted by atomic mass is 10.0. The Labute approximate surface area is 278 Å². The molecule has 6 aromatic carbocycles. The quantitative estimate of drug-likeness (QED) is 0.193. The predicted molar refractivity (Wildman–Crippen MR) is 197 cm³/mol. The zero-order valence-corrected chi connectivity index (χ0v) is 26.3. The third kappa shape index (κ3) is 4.31. The molecule has 0 aliphatic rings. The van der Waals surface area contributed by atoms with E-state index >= 15 is 0 Å². The molecule has 4 aromatic heterocycles. The van der Waals surface area contributed by atoms with Crippen molar-refractivity contribution in [3.05, 3.63) is 146 Å². The SMILES string of the molecule is c1ccc(-c2nc(-c3ccc(-c4nc(-c5ccc6oc7ccccc7c6c5)c5ccccc5n4)cc3)nc3c2sc2ccccc23)cc1. The van der Waals surface area contributed by atoms with Crippen molar-refractivity contribution in [3.8, 4) is 45.3 Å². The Morgan fingerprint density at radius 1 is 0.417 bits per heavy atom. The van der Waals surface area contributed by atoms with E-state index in [9.17, 15) is 0 Å². The van der Waals surface area contributed by atoms with Crippen LogP contribution in [0, 0.1) is 0 Å². The second kappa shape index (κ2) is 10.7. The monoisotopic (exact) mass is 632 g/mol. The van der Waals surface area contributed by atoms with Gasteiger partial charge < -0.3 is 4.42 Å². The largest absolute Gasteiger partial charge is 0.456 e. The minimum absolute atomic E-state index is 0.664. The number of hydrogen-bond donors (Lipinski definition) is 0. The molecule has 0 amide bonds. The first-order valence-electron chi connectivity index (χ1n) is 15.8. The van der Waals surface area contributed by atoms with Gasteiger partial charge in [-0.15, -0.1) is 11.3 Å². The summed E-state index contributed by atoms with van der Waals surface area (Å²) in [6.07, 6.45) is 0. The molecule has 0 N–H and O–H groups in total. The highest BCUT2D eigenvalue weighted by Crippen LogP contribution is 2.40. The van der Waals surface area contributed by atoms with Crippen LogP contribution in [0.25, 0.3) is 98.4 Å². The maximum atomic E-state index is 6.10. The standard InChI is InChI=1S/C42H24N4OS/c1-2-10-25(11-3-1)38-40-39(31-14-6-9-17-36(31)48-40)46-42(45-38)27-20-18-26(19-21-27)41-43-33-15-7-4-13-30(33)37(44-41)28-22-23-35-32(24-28)29-12-5-8-16-34(29)47-35/h1-24H. The van der Waals surface area contributed by atoms with Gasteiger partial charge in [-0.2, -0.15) is 0 Å². The third-order valence-corrected chi connectivity index (χ3v) is 10.1. The van der Waals surface area contributed by atoms with Crippen molar-refractivity contribution >= 4 is 64.5 Å². The lowest BCUT2D eigenvalue weighted by Crippen LogP contribution is -1.96. The molecular weight excluding hydrogens is 609 g/mol. The van der Waals surface area contributed by atoms with E-state index in [2.05, 4.69) is 97.1 Å². The van der Waals surface area contributed by atoms with Gasteiger partial charge in [-0.1, -0.05) is 109 Å². The molecule has 0 spiro atoms. The van der Waals surface area contributed by atoms with Crippen LogP contribution in [0.2, 0.25) is 0 Å². The Kier molecular flexibility index (Phi) is 5.98. The maximum Gasteiger partial charge on any atom is 0.160 e. The fourth-order valence-electron chi connectivity index (χ4n) is 6.58. The zero-order chi connectivity index (χ0) is 31.6. The van der Waals surface area contributed by atoms with Gasteiger partial charge in [-0.25, -0.2) is 19.9 Å². The smallest absolute Gasteiger partial charge is 0.160 e. The molecule has 0 atom stereocenters. The molecule has 4 heterocycles. The Morgan fingerprint density at radius 2 is 1.04 bits per heavy atom. The molecule has 0 bridgehead atoms. The van der Waals surface area contributed by atoms with Crippen molar-refractivity contribution in [3.63, 3.8) is 0 Å². The number of rotatable bonds is 4. The van der Waals surface area contributed by atoms with E-state index in [-0.39, 0.29) is 0 Å². The molecular formula is C42H24N4OS. The van der Waals surface area contributed by atoms with E-state index < -0.39 is 0 Å². The minimum Gasteiger partial charge on any atom is -0.456 e. The number of benzene rings is 6. The van der Waals surface area contributed by atoms with Gasteiger partial charge in [0.2, 0.25) is 0 Å². The predicted octanol–water partition coefficient (Wildman–Crippen LogP) is 11.4. The normalized spacial score (nSPS) is 11.8. The second-order valence-electron chi connectivity index (χ2n) is 11.8. The summed E-state index contributed by atoms with van der Waals surface area (Å²) in [5.74, 6) is 1.36. The van der Waals surface area contributed by atoms with Crippen molar-refractivity contribution in [1.82, 2.24) is 19.9 Å². The Balaban J connectivity index is 1.10. The molecule has 0 saturated heterocycles. The number of nitrogens with zero attached hydrogens (tertiary/aromatic N) is 4. The Morgan fingerprint density at radius 3 is 1.88 bits per heavy atom. The summed E-state index contributed by atoms with van der Waals surface area (Å²) in [5.41, 5.74) is 9.40. The molecule has 6 heteroatoms. The van der Waals surface area contributed by atoms with Gasteiger partial charge in [-0.05, 0) is 36.4 Å². The topological polar surface area (TPSA) is 64.7 Å². The molecule has 0 unspecified atom stereocenters. The van der Waals surface area contributed by atoms with Crippen LogP contribution < -0.4 is 0 Å². The fraction of sp³-hybridized carbons (Fsp3) is 0. The lowest BCUT2D eigenvalue weighted by Gasteiger charge is -2.10. The summed E-state index contributed by atoms with van der Waals surface area (Å²) in [6, 6.07) is 49.7. The van der Waals surface area contributed by atoms with Crippen LogP contribution in [0.5, 0.6) is 0 Å². The average molecular weight is 633 g/mol. The molecule has 0 aliphatic heterocycles. The van der Waals surface area contributed by atoms with Gasteiger partial charge in [-0.3, -0.25) is 0 Å². The van der Waals surface area contributed by atoms with E-state index in [4.69, 9.17) is 24.4 Å². The van der Waals surface area contributed by atoms with E-state index in [1.807, 2.05) is 48.5 Å². The van der Waals surface area contributed by atoms with Crippen LogP contribution in [-0.2, 0) is 0 Å². The number of hydrogen-bond acceptors (Lipinski definition) is 6. The van der Waals surface area contributed by atoms with E-state index in [1.165, 1.54) is 4.70 Å². The first kappa shape index (κ1) is 26.9. The maximum absolute atomic E-state index is 6.10. The van der Waals surface area contributed by atoms with Gasteiger partial charge in [0.05, 0.1) is 27.1 Å². The van der Waals surface area contributed by atoms with Gasteiger partial charge in [0, 0.05) is 48.5 Å². The Hall–Kier alpha value is -6.24. The molecule has 10 aromatic rings. The van der Waals surface area contributed by atoms with Crippen molar-refractivity contribution in [2.45, 2.75) is 0 Å². The van der Waals surface area contributed by atoms with Crippen LogP contribution in [0.1, 0.15) is 0 Å². The van der Waals surface area contributed by atoms with Crippen molar-refractivity contribution in [2.24, 2.45) is 0 Å². The van der Waals surface area contributed by atoms with E-state index in [0.717, 1.165) is 82.1 Å². The first-order valence-corrected chi connectivity index (χ1v) is 16.6. The molecule has 0 fully saturated rings. The third-order valence-electron chi connectivity index (χ3n) is 8.92. The van der Waals surface area contributed by atoms with Gasteiger partial charge in [0.25, 0.3) is 0 Å². The summed E-state index contributed by atoms with van der Waals surface area (Å²) in [7, 11) is 0. The molecule has 5 nitrogen and oxygen atoms in total. The molecule has 0 radical (unpaired) electrons. The highest BCUT2D eigenvalue weighted by atomic mass is 32.1. The fourth-order valence-corrected chi connectivity index (χ4v) is 7.73. The minimum atomic E-state index is 0.664. The van der Waals surface area contributed by atoms with Crippen LogP contribution in [0.15, 0.2) is 150 Å². The lowest BCUT2D eigenvalue weighted by molar-refractivity contribution is 0.669. The van der Waals surface area contributed by atoms with Crippen LogP contribution in [0.4, 0.5) is 0 Å². The van der Waals surface area contributed by atoms with Crippen molar-refractivity contribution < 1.29 is 4.42 Å². The molecule has 0 saturated carbocycles. The van der Waals surface area contributed by atoms with Gasteiger partial charge in [0.15, 0.2) is 11.6 Å². The highest BCUT2D eigenvalue weighted by Gasteiger charge is 2.18. The molecule has 10 rings (SSSR count). The summed E-state index contributed by atoms with van der Waals surface area (Å²) >= 11 is 1.74.